The lowest BCUT2D eigenvalue weighted by Crippen LogP contribution is -2.38. The number of benzene rings is 1. The third kappa shape index (κ3) is 6.08. The summed E-state index contributed by atoms with van der Waals surface area (Å²) in [4.78, 5) is 8.40. The Morgan fingerprint density at radius 1 is 1.13 bits per heavy atom. The van der Waals surface area contributed by atoms with E-state index < -0.39 is 6.10 Å². The van der Waals surface area contributed by atoms with E-state index in [1.807, 2.05) is 25.1 Å². The van der Waals surface area contributed by atoms with Gasteiger partial charge in [0.1, 0.15) is 0 Å². The fourth-order valence-corrected chi connectivity index (χ4v) is 2.18. The molecule has 23 heavy (non-hydrogen) atoms. The van der Waals surface area contributed by atoms with Gasteiger partial charge in [-0.15, -0.1) is 0 Å². The summed E-state index contributed by atoms with van der Waals surface area (Å²) in [5.74, 6) is 0.719. The number of hydrogen-bond donors (Lipinski definition) is 3. The Morgan fingerprint density at radius 2 is 1.87 bits per heavy atom. The highest BCUT2D eigenvalue weighted by atomic mass is 16.3. The first kappa shape index (κ1) is 17.0. The monoisotopic (exact) mass is 312 g/mol. The fraction of sp³-hybridized carbons (Fsp3) is 0.333. The molecule has 0 fully saturated rings. The zero-order valence-corrected chi connectivity index (χ0v) is 13.4. The summed E-state index contributed by atoms with van der Waals surface area (Å²) < 4.78 is 0. The molecule has 1 aromatic carbocycles. The first-order valence-corrected chi connectivity index (χ1v) is 7.93. The molecular formula is C18H24N4O. The largest absolute Gasteiger partial charge is 0.386 e. The number of aliphatic hydroxyl groups is 1. The zero-order chi connectivity index (χ0) is 16.3. The lowest BCUT2D eigenvalue weighted by atomic mass is 10.1. The molecule has 2 aromatic rings. The quantitative estimate of drug-likeness (QED) is 0.539. The van der Waals surface area contributed by atoms with E-state index in [9.17, 15) is 5.11 Å². The third-order valence-corrected chi connectivity index (χ3v) is 3.41. The summed E-state index contributed by atoms with van der Waals surface area (Å²) in [7, 11) is 0. The maximum absolute atomic E-state index is 10.2. The molecule has 0 bridgehead atoms. The standard InChI is InChI=1S/C18H24N4O/c1-2-20-18(21-13-8-15-6-4-3-5-7-15)22-14-17(23)16-9-11-19-12-10-16/h3-7,9-12,17,23H,2,8,13-14H2,1H3,(H2,20,21,22). The summed E-state index contributed by atoms with van der Waals surface area (Å²) in [6.07, 6.45) is 3.65. The second-order valence-corrected chi connectivity index (χ2v) is 5.18. The van der Waals surface area contributed by atoms with Crippen molar-refractivity contribution in [2.45, 2.75) is 19.4 Å². The van der Waals surface area contributed by atoms with E-state index in [0.29, 0.717) is 6.54 Å². The number of aliphatic hydroxyl groups excluding tert-OH is 1. The lowest BCUT2D eigenvalue weighted by Gasteiger charge is -2.13. The molecule has 1 unspecified atom stereocenters. The van der Waals surface area contributed by atoms with Gasteiger partial charge in [0, 0.05) is 25.5 Å². The minimum Gasteiger partial charge on any atom is -0.386 e. The number of aromatic nitrogens is 1. The van der Waals surface area contributed by atoms with Gasteiger partial charge in [-0.3, -0.25) is 9.98 Å². The van der Waals surface area contributed by atoms with Crippen molar-refractivity contribution in [2.75, 3.05) is 19.6 Å². The van der Waals surface area contributed by atoms with Crippen molar-refractivity contribution in [3.63, 3.8) is 0 Å². The van der Waals surface area contributed by atoms with Crippen LogP contribution in [0.15, 0.2) is 59.9 Å². The third-order valence-electron chi connectivity index (χ3n) is 3.41. The number of pyridine rings is 1. The van der Waals surface area contributed by atoms with Gasteiger partial charge >= 0.3 is 0 Å². The molecule has 5 heteroatoms. The van der Waals surface area contributed by atoms with Crippen molar-refractivity contribution in [1.29, 1.82) is 0 Å². The number of rotatable bonds is 7. The average molecular weight is 312 g/mol. The molecule has 122 valence electrons. The molecule has 0 saturated heterocycles. The molecule has 0 aliphatic carbocycles. The van der Waals surface area contributed by atoms with Crippen LogP contribution in [0, 0.1) is 0 Å². The smallest absolute Gasteiger partial charge is 0.191 e. The first-order valence-electron chi connectivity index (χ1n) is 7.93. The normalized spacial score (nSPS) is 12.7. The van der Waals surface area contributed by atoms with Crippen LogP contribution < -0.4 is 10.6 Å². The van der Waals surface area contributed by atoms with E-state index in [-0.39, 0.29) is 0 Å². The summed E-state index contributed by atoms with van der Waals surface area (Å²) in [6, 6.07) is 13.9. The maximum Gasteiger partial charge on any atom is 0.191 e. The molecule has 2 rings (SSSR count). The van der Waals surface area contributed by atoms with E-state index in [1.165, 1.54) is 5.56 Å². The Hall–Kier alpha value is -2.40. The van der Waals surface area contributed by atoms with Gasteiger partial charge < -0.3 is 15.7 Å². The number of nitrogens with zero attached hydrogens (tertiary/aromatic N) is 2. The predicted octanol–water partition coefficient (Wildman–Crippen LogP) is 1.91. The van der Waals surface area contributed by atoms with Crippen molar-refractivity contribution in [3.8, 4) is 0 Å². The van der Waals surface area contributed by atoms with E-state index in [1.54, 1.807) is 24.5 Å². The molecule has 5 nitrogen and oxygen atoms in total. The first-order chi connectivity index (χ1) is 11.3. The molecule has 1 atom stereocenters. The van der Waals surface area contributed by atoms with Gasteiger partial charge in [0.15, 0.2) is 5.96 Å². The molecule has 0 aliphatic heterocycles. The second-order valence-electron chi connectivity index (χ2n) is 5.18. The van der Waals surface area contributed by atoms with Crippen LogP contribution in [0.2, 0.25) is 0 Å². The van der Waals surface area contributed by atoms with Gasteiger partial charge in [-0.25, -0.2) is 0 Å². The van der Waals surface area contributed by atoms with E-state index in [4.69, 9.17) is 0 Å². The average Bonchev–Trinajstić information content (AvgIpc) is 2.61. The molecule has 0 spiro atoms. The number of hydrogen-bond acceptors (Lipinski definition) is 3. The highest BCUT2D eigenvalue weighted by Crippen LogP contribution is 2.10. The van der Waals surface area contributed by atoms with Crippen LogP contribution in [0.25, 0.3) is 0 Å². The molecule has 0 radical (unpaired) electrons. The van der Waals surface area contributed by atoms with Gasteiger partial charge in [-0.1, -0.05) is 30.3 Å². The predicted molar refractivity (Wildman–Crippen MR) is 93.3 cm³/mol. The minimum absolute atomic E-state index is 0.310. The Labute approximate surface area is 137 Å². The lowest BCUT2D eigenvalue weighted by molar-refractivity contribution is 0.187. The molecular weight excluding hydrogens is 288 g/mol. The van der Waals surface area contributed by atoms with Crippen LogP contribution in [0.3, 0.4) is 0 Å². The SMILES string of the molecule is CCNC(=NCC(O)c1ccncc1)NCCc1ccccc1. The molecule has 0 saturated carbocycles. The Balaban J connectivity index is 1.84. The van der Waals surface area contributed by atoms with Gasteiger partial charge in [0.05, 0.1) is 12.6 Å². The van der Waals surface area contributed by atoms with E-state index in [0.717, 1.165) is 31.0 Å². The van der Waals surface area contributed by atoms with Crippen molar-refractivity contribution < 1.29 is 5.11 Å². The van der Waals surface area contributed by atoms with Gasteiger partial charge in [-0.05, 0) is 36.6 Å². The Kier molecular flexibility index (Phi) is 7.07. The molecule has 3 N–H and O–H groups in total. The molecule has 0 aliphatic rings. The van der Waals surface area contributed by atoms with Crippen LogP contribution in [-0.4, -0.2) is 35.7 Å². The maximum atomic E-state index is 10.2. The summed E-state index contributed by atoms with van der Waals surface area (Å²) in [5, 5.41) is 16.6. The van der Waals surface area contributed by atoms with Crippen molar-refractivity contribution in [1.82, 2.24) is 15.6 Å². The highest BCUT2D eigenvalue weighted by Gasteiger charge is 2.06. The van der Waals surface area contributed by atoms with Gasteiger partial charge in [0.2, 0.25) is 0 Å². The van der Waals surface area contributed by atoms with Crippen molar-refractivity contribution in [2.24, 2.45) is 4.99 Å². The van der Waals surface area contributed by atoms with Crippen LogP contribution in [-0.2, 0) is 6.42 Å². The fourth-order valence-electron chi connectivity index (χ4n) is 2.18. The van der Waals surface area contributed by atoms with Gasteiger partial charge in [-0.2, -0.15) is 0 Å². The number of aliphatic imine (C=N–C) groups is 1. The Bertz CT molecular complexity index is 586. The minimum atomic E-state index is -0.623. The Morgan fingerprint density at radius 3 is 2.57 bits per heavy atom. The molecule has 0 amide bonds. The highest BCUT2D eigenvalue weighted by molar-refractivity contribution is 5.79. The number of guanidine groups is 1. The van der Waals surface area contributed by atoms with Crippen LogP contribution in [0.5, 0.6) is 0 Å². The molecule has 1 aromatic heterocycles. The topological polar surface area (TPSA) is 69.5 Å². The second kappa shape index (κ2) is 9.58. The summed E-state index contributed by atoms with van der Waals surface area (Å²) >= 11 is 0. The van der Waals surface area contributed by atoms with E-state index in [2.05, 4.69) is 32.7 Å². The summed E-state index contributed by atoms with van der Waals surface area (Å²) in [6.45, 7) is 3.90. The summed E-state index contributed by atoms with van der Waals surface area (Å²) in [5.41, 5.74) is 2.11. The molecule has 1 heterocycles. The van der Waals surface area contributed by atoms with Gasteiger partial charge in [0.25, 0.3) is 0 Å². The van der Waals surface area contributed by atoms with Crippen LogP contribution in [0.1, 0.15) is 24.2 Å². The zero-order valence-electron chi connectivity index (χ0n) is 13.4. The van der Waals surface area contributed by atoms with E-state index >= 15 is 0 Å². The van der Waals surface area contributed by atoms with Crippen LogP contribution >= 0.6 is 0 Å². The van der Waals surface area contributed by atoms with Crippen molar-refractivity contribution in [3.05, 3.63) is 66.0 Å². The number of nitrogens with one attached hydrogen (secondary N) is 2. The van der Waals surface area contributed by atoms with Crippen molar-refractivity contribution >= 4 is 5.96 Å². The van der Waals surface area contributed by atoms with Crippen LogP contribution in [0.4, 0.5) is 0 Å².